The second-order valence-electron chi connectivity index (χ2n) is 4.43. The normalized spacial score (nSPS) is 12.5. The van der Waals surface area contributed by atoms with Crippen molar-refractivity contribution in [1.82, 2.24) is 10.2 Å². The Kier molecular flexibility index (Phi) is 5.12. The molecule has 0 radical (unpaired) electrons. The van der Waals surface area contributed by atoms with Crippen LogP contribution in [0.25, 0.3) is 0 Å². The molecule has 0 aliphatic carbocycles. The van der Waals surface area contributed by atoms with Crippen LogP contribution in [-0.4, -0.2) is 37.5 Å². The molecule has 1 rings (SSSR count). The summed E-state index contributed by atoms with van der Waals surface area (Å²) < 4.78 is 0. The van der Waals surface area contributed by atoms with E-state index in [0.717, 1.165) is 5.56 Å². The molecule has 0 aliphatic rings. The molecule has 94 valence electrons. The number of amides is 1. The summed E-state index contributed by atoms with van der Waals surface area (Å²) in [5.74, 6) is -0.0472. The van der Waals surface area contributed by atoms with Gasteiger partial charge in [0.1, 0.15) is 0 Å². The Bertz CT molecular complexity index is 377. The molecule has 17 heavy (non-hydrogen) atoms. The third-order valence-electron chi connectivity index (χ3n) is 2.86. The third-order valence-corrected chi connectivity index (χ3v) is 2.86. The van der Waals surface area contributed by atoms with E-state index in [9.17, 15) is 4.79 Å². The van der Waals surface area contributed by atoms with Crippen LogP contribution in [0.3, 0.4) is 0 Å². The van der Waals surface area contributed by atoms with Crippen LogP contribution in [0.4, 0.5) is 0 Å². The lowest BCUT2D eigenvalue weighted by Gasteiger charge is -2.20. The van der Waals surface area contributed by atoms with E-state index < -0.39 is 0 Å². The van der Waals surface area contributed by atoms with Crippen LogP contribution in [-0.2, 0) is 6.54 Å². The Morgan fingerprint density at radius 3 is 2.76 bits per heavy atom. The Labute approximate surface area is 103 Å². The maximum Gasteiger partial charge on any atom is 0.251 e. The van der Waals surface area contributed by atoms with Gasteiger partial charge in [-0.2, -0.15) is 0 Å². The lowest BCUT2D eigenvalue weighted by atomic mass is 10.1. The summed E-state index contributed by atoms with van der Waals surface area (Å²) >= 11 is 0. The van der Waals surface area contributed by atoms with Crippen molar-refractivity contribution in [3.8, 4) is 0 Å². The van der Waals surface area contributed by atoms with Gasteiger partial charge in [0.2, 0.25) is 0 Å². The van der Waals surface area contributed by atoms with Gasteiger partial charge in [-0.05, 0) is 38.7 Å². The number of hydrogen-bond donors (Lipinski definition) is 2. The molecule has 0 bridgehead atoms. The maximum atomic E-state index is 11.9. The van der Waals surface area contributed by atoms with Crippen LogP contribution < -0.4 is 11.1 Å². The molecule has 4 nitrogen and oxygen atoms in total. The molecule has 0 fully saturated rings. The van der Waals surface area contributed by atoms with Crippen LogP contribution >= 0.6 is 0 Å². The molecule has 1 atom stereocenters. The number of nitrogens with zero attached hydrogens (tertiary/aromatic N) is 1. The SMILES string of the molecule is CC(CNC(=O)c1cccc(CN)c1)N(C)C. The van der Waals surface area contributed by atoms with Gasteiger partial charge in [0.05, 0.1) is 0 Å². The number of rotatable bonds is 5. The first-order valence-electron chi connectivity index (χ1n) is 5.78. The highest BCUT2D eigenvalue weighted by Gasteiger charge is 2.09. The summed E-state index contributed by atoms with van der Waals surface area (Å²) in [4.78, 5) is 13.9. The molecule has 1 unspecified atom stereocenters. The summed E-state index contributed by atoms with van der Waals surface area (Å²) in [6.45, 7) is 3.16. The first-order chi connectivity index (χ1) is 8.04. The first kappa shape index (κ1) is 13.7. The van der Waals surface area contributed by atoms with E-state index in [-0.39, 0.29) is 5.91 Å². The predicted molar refractivity (Wildman–Crippen MR) is 69.8 cm³/mol. The van der Waals surface area contributed by atoms with Gasteiger partial charge in [-0.25, -0.2) is 0 Å². The number of nitrogens with one attached hydrogen (secondary N) is 1. The summed E-state index contributed by atoms with van der Waals surface area (Å²) in [5, 5.41) is 2.91. The smallest absolute Gasteiger partial charge is 0.251 e. The molecule has 4 heteroatoms. The minimum atomic E-state index is -0.0472. The fraction of sp³-hybridized carbons (Fsp3) is 0.462. The van der Waals surface area contributed by atoms with Crippen LogP contribution in [0.2, 0.25) is 0 Å². The van der Waals surface area contributed by atoms with Crippen molar-refractivity contribution < 1.29 is 4.79 Å². The van der Waals surface area contributed by atoms with Gasteiger partial charge in [0.15, 0.2) is 0 Å². The van der Waals surface area contributed by atoms with Crippen LogP contribution in [0.1, 0.15) is 22.8 Å². The zero-order valence-corrected chi connectivity index (χ0v) is 10.7. The first-order valence-corrected chi connectivity index (χ1v) is 5.78. The second-order valence-corrected chi connectivity index (χ2v) is 4.43. The zero-order chi connectivity index (χ0) is 12.8. The van der Waals surface area contributed by atoms with E-state index in [0.29, 0.717) is 24.7 Å². The van der Waals surface area contributed by atoms with Crippen molar-refractivity contribution in [1.29, 1.82) is 0 Å². The molecule has 3 N–H and O–H groups in total. The van der Waals surface area contributed by atoms with E-state index in [4.69, 9.17) is 5.73 Å². The van der Waals surface area contributed by atoms with Crippen LogP contribution in [0.15, 0.2) is 24.3 Å². The van der Waals surface area contributed by atoms with Crippen molar-refractivity contribution in [2.45, 2.75) is 19.5 Å². The highest BCUT2D eigenvalue weighted by molar-refractivity contribution is 5.94. The number of nitrogens with two attached hydrogens (primary N) is 1. The topological polar surface area (TPSA) is 58.4 Å². The maximum absolute atomic E-state index is 11.9. The minimum absolute atomic E-state index is 0.0472. The number of likely N-dealkylation sites (N-methyl/N-ethyl adjacent to an activating group) is 1. The van der Waals surface area contributed by atoms with E-state index in [1.54, 1.807) is 6.07 Å². The van der Waals surface area contributed by atoms with Crippen molar-refractivity contribution in [2.75, 3.05) is 20.6 Å². The van der Waals surface area contributed by atoms with Gasteiger partial charge in [-0.1, -0.05) is 12.1 Å². The van der Waals surface area contributed by atoms with Crippen LogP contribution in [0.5, 0.6) is 0 Å². The van der Waals surface area contributed by atoms with Gasteiger partial charge in [0, 0.05) is 24.7 Å². The minimum Gasteiger partial charge on any atom is -0.350 e. The summed E-state index contributed by atoms with van der Waals surface area (Å²) in [7, 11) is 3.98. The molecule has 0 heterocycles. The molecule has 1 aromatic rings. The lowest BCUT2D eigenvalue weighted by Crippen LogP contribution is -2.38. The largest absolute Gasteiger partial charge is 0.350 e. The molecule has 1 amide bonds. The Hall–Kier alpha value is -1.39. The quantitative estimate of drug-likeness (QED) is 0.794. The van der Waals surface area contributed by atoms with Crippen molar-refractivity contribution >= 4 is 5.91 Å². The molecule has 0 saturated heterocycles. The van der Waals surface area contributed by atoms with E-state index in [1.165, 1.54) is 0 Å². The molecule has 0 aliphatic heterocycles. The molecule has 0 aromatic heterocycles. The Morgan fingerprint density at radius 1 is 1.47 bits per heavy atom. The Balaban J connectivity index is 2.57. The van der Waals surface area contributed by atoms with Gasteiger partial charge in [-0.15, -0.1) is 0 Å². The predicted octanol–water partition coefficient (Wildman–Crippen LogP) is 0.825. The van der Waals surface area contributed by atoms with Crippen molar-refractivity contribution in [2.24, 2.45) is 5.73 Å². The standard InChI is InChI=1S/C13H21N3O/c1-10(16(2)3)9-15-13(17)12-6-4-5-11(7-12)8-14/h4-7,10H,8-9,14H2,1-3H3,(H,15,17). The van der Waals surface area contributed by atoms with Gasteiger partial charge >= 0.3 is 0 Å². The average Bonchev–Trinajstić information content (AvgIpc) is 2.35. The number of carbonyl (C=O) groups is 1. The summed E-state index contributed by atoms with van der Waals surface area (Å²) in [5.41, 5.74) is 7.18. The van der Waals surface area contributed by atoms with E-state index >= 15 is 0 Å². The van der Waals surface area contributed by atoms with Gasteiger partial charge in [0.25, 0.3) is 5.91 Å². The van der Waals surface area contributed by atoms with Gasteiger partial charge in [-0.3, -0.25) is 4.79 Å². The molecule has 0 saturated carbocycles. The second kappa shape index (κ2) is 6.37. The monoisotopic (exact) mass is 235 g/mol. The average molecular weight is 235 g/mol. The van der Waals surface area contributed by atoms with Gasteiger partial charge < -0.3 is 16.0 Å². The third kappa shape index (κ3) is 4.17. The molecular weight excluding hydrogens is 214 g/mol. The molecule has 0 spiro atoms. The van der Waals surface area contributed by atoms with Crippen molar-refractivity contribution in [3.63, 3.8) is 0 Å². The molecular formula is C13H21N3O. The highest BCUT2D eigenvalue weighted by Crippen LogP contribution is 2.04. The summed E-state index contributed by atoms with van der Waals surface area (Å²) in [6, 6.07) is 7.72. The van der Waals surface area contributed by atoms with Crippen molar-refractivity contribution in [3.05, 3.63) is 35.4 Å². The zero-order valence-electron chi connectivity index (χ0n) is 10.7. The fourth-order valence-electron chi connectivity index (χ4n) is 1.36. The number of benzene rings is 1. The van der Waals surface area contributed by atoms with E-state index in [2.05, 4.69) is 17.1 Å². The number of carbonyl (C=O) groups excluding carboxylic acids is 1. The van der Waals surface area contributed by atoms with Crippen LogP contribution in [0, 0.1) is 0 Å². The summed E-state index contributed by atoms with van der Waals surface area (Å²) in [6.07, 6.45) is 0. The van der Waals surface area contributed by atoms with E-state index in [1.807, 2.05) is 32.3 Å². The molecule has 1 aromatic carbocycles. The highest BCUT2D eigenvalue weighted by atomic mass is 16.1. The number of hydrogen-bond acceptors (Lipinski definition) is 3. The Morgan fingerprint density at radius 2 is 2.18 bits per heavy atom. The lowest BCUT2D eigenvalue weighted by molar-refractivity contribution is 0.0943. The fourth-order valence-corrected chi connectivity index (χ4v) is 1.36.